The smallest absolute Gasteiger partial charge is 0.0682 e. The Bertz CT molecular complexity index is 317. The third-order valence-electron chi connectivity index (χ3n) is 3.14. The minimum atomic E-state index is 0. The summed E-state index contributed by atoms with van der Waals surface area (Å²) in [6.07, 6.45) is 8.14. The summed E-state index contributed by atoms with van der Waals surface area (Å²) in [7, 11) is 0. The molecule has 1 atom stereocenters. The molecule has 1 aromatic rings. The molecule has 0 amide bonds. The number of rotatable bonds is 1. The molecule has 0 bridgehead atoms. The number of nitrogens with zero attached hydrogens (tertiary/aromatic N) is 1. The van der Waals surface area contributed by atoms with Gasteiger partial charge in [-0.05, 0) is 29.5 Å². The van der Waals surface area contributed by atoms with Crippen LogP contribution in [0.1, 0.15) is 45.1 Å². The van der Waals surface area contributed by atoms with Crippen molar-refractivity contribution in [2.24, 2.45) is 5.41 Å². The van der Waals surface area contributed by atoms with Crippen LogP contribution >= 0.6 is 0 Å². The SMILES string of the molecule is CC1(C)CCCC([NH-])C1.OCc1ccncc1.[Y]. The van der Waals surface area contributed by atoms with E-state index in [1.807, 2.05) is 0 Å². The van der Waals surface area contributed by atoms with Gasteiger partial charge in [-0.1, -0.05) is 33.1 Å². The minimum absolute atomic E-state index is 0. The Hall–Kier alpha value is 0.174. The predicted octanol–water partition coefficient (Wildman–Crippen LogP) is 3.58. The van der Waals surface area contributed by atoms with Crippen molar-refractivity contribution < 1.29 is 37.8 Å². The topological polar surface area (TPSA) is 56.9 Å². The molecular weight excluding hydrogens is 301 g/mol. The average molecular weight is 324 g/mol. The van der Waals surface area contributed by atoms with Crippen LogP contribution in [0.25, 0.3) is 5.73 Å². The molecule has 1 fully saturated rings. The maximum atomic E-state index is 8.51. The molecule has 4 heteroatoms. The summed E-state index contributed by atoms with van der Waals surface area (Å²) in [5, 5.41) is 8.51. The first kappa shape index (κ1) is 18.2. The van der Waals surface area contributed by atoms with Crippen molar-refractivity contribution in [2.45, 2.75) is 52.2 Å². The molecule has 99 valence electrons. The van der Waals surface area contributed by atoms with Gasteiger partial charge in [0.2, 0.25) is 0 Å². The number of pyridine rings is 1. The van der Waals surface area contributed by atoms with E-state index in [-0.39, 0.29) is 45.4 Å². The third-order valence-corrected chi connectivity index (χ3v) is 3.14. The fourth-order valence-corrected chi connectivity index (χ4v) is 2.19. The van der Waals surface area contributed by atoms with Gasteiger partial charge in [-0.3, -0.25) is 4.98 Å². The van der Waals surface area contributed by atoms with E-state index < -0.39 is 0 Å². The van der Waals surface area contributed by atoms with Gasteiger partial charge in [0.15, 0.2) is 0 Å². The number of hydrogen-bond donors (Lipinski definition) is 1. The van der Waals surface area contributed by atoms with Gasteiger partial charge in [0.1, 0.15) is 0 Å². The van der Waals surface area contributed by atoms with E-state index >= 15 is 0 Å². The van der Waals surface area contributed by atoms with Crippen LogP contribution < -0.4 is 0 Å². The van der Waals surface area contributed by atoms with Crippen LogP contribution in [0.15, 0.2) is 24.5 Å². The van der Waals surface area contributed by atoms with Crippen molar-refractivity contribution in [3.63, 3.8) is 0 Å². The molecule has 1 aromatic heterocycles. The van der Waals surface area contributed by atoms with Crippen molar-refractivity contribution in [3.05, 3.63) is 35.8 Å². The van der Waals surface area contributed by atoms with Crippen LogP contribution in [-0.4, -0.2) is 16.1 Å². The van der Waals surface area contributed by atoms with Crippen molar-refractivity contribution in [2.75, 3.05) is 0 Å². The van der Waals surface area contributed by atoms with Gasteiger partial charge in [-0.15, -0.1) is 6.04 Å². The van der Waals surface area contributed by atoms with E-state index in [1.165, 1.54) is 12.8 Å². The van der Waals surface area contributed by atoms with Gasteiger partial charge in [-0.2, -0.15) is 0 Å². The van der Waals surface area contributed by atoms with Gasteiger partial charge in [0.05, 0.1) is 6.61 Å². The fourth-order valence-electron chi connectivity index (χ4n) is 2.19. The molecule has 0 aromatic carbocycles. The molecule has 3 nitrogen and oxygen atoms in total. The normalized spacial score (nSPS) is 21.2. The predicted molar refractivity (Wildman–Crippen MR) is 70.5 cm³/mol. The Kier molecular flexibility index (Phi) is 9.23. The zero-order chi connectivity index (χ0) is 12.7. The number of hydrogen-bond acceptors (Lipinski definition) is 2. The van der Waals surface area contributed by atoms with Crippen LogP contribution in [-0.2, 0) is 39.3 Å². The summed E-state index contributed by atoms with van der Waals surface area (Å²) >= 11 is 0. The van der Waals surface area contributed by atoms with Crippen LogP contribution in [0.4, 0.5) is 0 Å². The average Bonchev–Trinajstić information content (AvgIpc) is 2.29. The number of aromatic nitrogens is 1. The summed E-state index contributed by atoms with van der Waals surface area (Å²) in [5.41, 5.74) is 8.89. The van der Waals surface area contributed by atoms with Crippen molar-refractivity contribution in [1.29, 1.82) is 0 Å². The summed E-state index contributed by atoms with van der Waals surface area (Å²) in [4.78, 5) is 3.78. The summed E-state index contributed by atoms with van der Waals surface area (Å²) in [6.45, 7) is 4.64. The summed E-state index contributed by atoms with van der Waals surface area (Å²) in [6, 6.07) is 3.79. The zero-order valence-electron chi connectivity index (χ0n) is 11.4. The Labute approximate surface area is 135 Å². The van der Waals surface area contributed by atoms with E-state index in [0.29, 0.717) is 5.41 Å². The van der Waals surface area contributed by atoms with Gasteiger partial charge in [-0.25, -0.2) is 0 Å². The molecular formula is C14H23N2OY-. The van der Waals surface area contributed by atoms with Crippen LogP contribution in [0.2, 0.25) is 0 Å². The van der Waals surface area contributed by atoms with Crippen LogP contribution in [0.3, 0.4) is 0 Å². The molecule has 1 saturated carbocycles. The maximum absolute atomic E-state index is 8.51. The zero-order valence-corrected chi connectivity index (χ0v) is 14.2. The number of aliphatic hydroxyl groups is 1. The monoisotopic (exact) mass is 324 g/mol. The first-order valence-electron chi connectivity index (χ1n) is 6.24. The second kappa shape index (κ2) is 9.14. The Balaban J connectivity index is 0.000000306. The molecule has 1 unspecified atom stereocenters. The second-order valence-corrected chi connectivity index (χ2v) is 5.47. The molecule has 0 aliphatic heterocycles. The largest absolute Gasteiger partial charge is 0.675 e. The van der Waals surface area contributed by atoms with Crippen molar-refractivity contribution >= 4 is 0 Å². The van der Waals surface area contributed by atoms with Crippen molar-refractivity contribution in [3.8, 4) is 0 Å². The minimum Gasteiger partial charge on any atom is -0.675 e. The van der Waals surface area contributed by atoms with Gasteiger partial charge in [0.25, 0.3) is 0 Å². The number of nitrogens with one attached hydrogen (secondary N) is 1. The maximum Gasteiger partial charge on any atom is 0.0682 e. The van der Waals surface area contributed by atoms with Crippen LogP contribution in [0, 0.1) is 5.41 Å². The third kappa shape index (κ3) is 7.57. The first-order chi connectivity index (χ1) is 8.03. The molecule has 2 rings (SSSR count). The Morgan fingerprint density at radius 1 is 1.39 bits per heavy atom. The quantitative estimate of drug-likeness (QED) is 0.858. The molecule has 1 radical (unpaired) electrons. The molecule has 0 saturated heterocycles. The standard InChI is InChI=1S/C8H16N.C6H7NO.Y/c1-8(2)5-3-4-7(9)6-8;8-5-6-1-3-7-4-2-6;/h7,9H,3-6H2,1-2H3;1-4,8H,5H2;/q-1;;. The van der Waals surface area contributed by atoms with Crippen molar-refractivity contribution in [1.82, 2.24) is 4.98 Å². The fraction of sp³-hybridized carbons (Fsp3) is 0.643. The summed E-state index contributed by atoms with van der Waals surface area (Å²) < 4.78 is 0. The molecule has 0 spiro atoms. The Morgan fingerprint density at radius 3 is 2.33 bits per heavy atom. The van der Waals surface area contributed by atoms with E-state index in [0.717, 1.165) is 18.4 Å². The molecule has 18 heavy (non-hydrogen) atoms. The van der Waals surface area contributed by atoms with E-state index in [4.69, 9.17) is 10.8 Å². The molecule has 1 aliphatic rings. The molecule has 2 N–H and O–H groups in total. The first-order valence-corrected chi connectivity index (χ1v) is 6.24. The van der Waals surface area contributed by atoms with E-state index in [9.17, 15) is 0 Å². The van der Waals surface area contributed by atoms with Gasteiger partial charge >= 0.3 is 0 Å². The molecule has 1 heterocycles. The summed E-state index contributed by atoms with van der Waals surface area (Å²) in [5.74, 6) is 0. The second-order valence-electron chi connectivity index (χ2n) is 5.47. The van der Waals surface area contributed by atoms with Crippen LogP contribution in [0.5, 0.6) is 0 Å². The van der Waals surface area contributed by atoms with Gasteiger partial charge < -0.3 is 10.8 Å². The number of aliphatic hydroxyl groups excluding tert-OH is 1. The van der Waals surface area contributed by atoms with E-state index in [1.54, 1.807) is 24.5 Å². The Morgan fingerprint density at radius 2 is 2.00 bits per heavy atom. The van der Waals surface area contributed by atoms with E-state index in [2.05, 4.69) is 18.8 Å². The molecule has 1 aliphatic carbocycles. The van der Waals surface area contributed by atoms with Gasteiger partial charge in [0, 0.05) is 45.1 Å².